The number of aromatic nitrogens is 2. The standard InChI is InChI=1S/C18H15ClFN3O2S/c1-23(10-13-5-2-3-8-15(13)20)16(24)11-26-18-22-21-17(25-18)12-6-4-7-14(19)9-12/h2-9H,10-11H2,1H3. The van der Waals surface area contributed by atoms with Crippen molar-refractivity contribution < 1.29 is 13.6 Å². The van der Waals surface area contributed by atoms with Crippen LogP contribution >= 0.6 is 23.4 Å². The highest BCUT2D eigenvalue weighted by atomic mass is 35.5. The fourth-order valence-corrected chi connectivity index (χ4v) is 3.10. The van der Waals surface area contributed by atoms with Gasteiger partial charge >= 0.3 is 0 Å². The lowest BCUT2D eigenvalue weighted by molar-refractivity contribution is -0.127. The summed E-state index contributed by atoms with van der Waals surface area (Å²) in [6.07, 6.45) is 0. The lowest BCUT2D eigenvalue weighted by Crippen LogP contribution is -2.28. The largest absolute Gasteiger partial charge is 0.411 e. The van der Waals surface area contributed by atoms with Gasteiger partial charge < -0.3 is 9.32 Å². The molecule has 1 heterocycles. The Hall–Kier alpha value is -2.38. The number of carbonyl (C=O) groups is 1. The van der Waals surface area contributed by atoms with Gasteiger partial charge in [0.1, 0.15) is 5.82 Å². The number of halogens is 2. The van der Waals surface area contributed by atoms with Crippen LogP contribution in [-0.2, 0) is 11.3 Å². The molecule has 134 valence electrons. The number of carbonyl (C=O) groups excluding carboxylic acids is 1. The zero-order chi connectivity index (χ0) is 18.5. The fraction of sp³-hybridized carbons (Fsp3) is 0.167. The lowest BCUT2D eigenvalue weighted by atomic mass is 10.2. The van der Waals surface area contributed by atoms with E-state index in [-0.39, 0.29) is 29.2 Å². The number of benzene rings is 2. The lowest BCUT2D eigenvalue weighted by Gasteiger charge is -2.16. The van der Waals surface area contributed by atoms with E-state index in [0.29, 0.717) is 22.0 Å². The summed E-state index contributed by atoms with van der Waals surface area (Å²) in [6, 6.07) is 13.4. The van der Waals surface area contributed by atoms with Crippen molar-refractivity contribution in [3.05, 3.63) is 64.9 Å². The quantitative estimate of drug-likeness (QED) is 0.587. The Bertz CT molecular complexity index is 919. The third-order valence-electron chi connectivity index (χ3n) is 3.59. The van der Waals surface area contributed by atoms with Gasteiger partial charge in [-0.05, 0) is 24.3 Å². The molecule has 0 aliphatic heterocycles. The van der Waals surface area contributed by atoms with Crippen LogP contribution in [0.25, 0.3) is 11.5 Å². The molecule has 0 unspecified atom stereocenters. The van der Waals surface area contributed by atoms with Crippen molar-refractivity contribution in [2.75, 3.05) is 12.8 Å². The van der Waals surface area contributed by atoms with Crippen LogP contribution in [0, 0.1) is 5.82 Å². The first kappa shape index (κ1) is 18.4. The normalized spacial score (nSPS) is 10.7. The van der Waals surface area contributed by atoms with Gasteiger partial charge in [-0.15, -0.1) is 10.2 Å². The Labute approximate surface area is 159 Å². The van der Waals surface area contributed by atoms with Gasteiger partial charge in [0.2, 0.25) is 11.8 Å². The third-order valence-corrected chi connectivity index (χ3v) is 4.63. The van der Waals surface area contributed by atoms with Gasteiger partial charge in [0, 0.05) is 29.7 Å². The van der Waals surface area contributed by atoms with Crippen molar-refractivity contribution in [1.82, 2.24) is 15.1 Å². The Kier molecular flexibility index (Phi) is 5.90. The Morgan fingerprint density at radius 1 is 1.23 bits per heavy atom. The molecule has 0 saturated heterocycles. The minimum absolute atomic E-state index is 0.113. The highest BCUT2D eigenvalue weighted by molar-refractivity contribution is 7.99. The molecule has 1 amide bonds. The van der Waals surface area contributed by atoms with E-state index in [1.165, 1.54) is 11.0 Å². The summed E-state index contributed by atoms with van der Waals surface area (Å²) < 4.78 is 19.2. The number of thioether (sulfide) groups is 1. The minimum atomic E-state index is -0.331. The molecule has 3 aromatic rings. The Morgan fingerprint density at radius 3 is 2.81 bits per heavy atom. The molecule has 0 N–H and O–H groups in total. The van der Waals surface area contributed by atoms with E-state index in [4.69, 9.17) is 16.0 Å². The van der Waals surface area contributed by atoms with Gasteiger partial charge in [-0.25, -0.2) is 4.39 Å². The van der Waals surface area contributed by atoms with Gasteiger partial charge in [-0.2, -0.15) is 0 Å². The van der Waals surface area contributed by atoms with Crippen molar-refractivity contribution in [3.63, 3.8) is 0 Å². The van der Waals surface area contributed by atoms with Crippen molar-refractivity contribution >= 4 is 29.3 Å². The molecular weight excluding hydrogens is 377 g/mol. The second-order valence-electron chi connectivity index (χ2n) is 5.51. The highest BCUT2D eigenvalue weighted by Crippen LogP contribution is 2.25. The number of rotatable bonds is 6. The van der Waals surface area contributed by atoms with Crippen molar-refractivity contribution in [1.29, 1.82) is 0 Å². The van der Waals surface area contributed by atoms with Crippen LogP contribution in [0.1, 0.15) is 5.56 Å². The molecule has 0 spiro atoms. The van der Waals surface area contributed by atoms with Gasteiger partial charge in [0.25, 0.3) is 5.22 Å². The summed E-state index contributed by atoms with van der Waals surface area (Å²) >= 11 is 7.08. The first-order valence-electron chi connectivity index (χ1n) is 7.72. The highest BCUT2D eigenvalue weighted by Gasteiger charge is 2.15. The van der Waals surface area contributed by atoms with Gasteiger partial charge in [0.05, 0.1) is 5.75 Å². The van der Waals surface area contributed by atoms with Crippen molar-refractivity contribution in [2.45, 2.75) is 11.8 Å². The predicted molar refractivity (Wildman–Crippen MR) is 98.3 cm³/mol. The van der Waals surface area contributed by atoms with E-state index < -0.39 is 0 Å². The molecular formula is C18H15ClFN3O2S. The topological polar surface area (TPSA) is 59.2 Å². The maximum atomic E-state index is 13.7. The molecule has 0 atom stereocenters. The molecule has 0 aliphatic rings. The molecule has 3 rings (SSSR count). The fourth-order valence-electron chi connectivity index (χ4n) is 2.21. The van der Waals surface area contributed by atoms with Crippen molar-refractivity contribution in [3.8, 4) is 11.5 Å². The maximum absolute atomic E-state index is 13.7. The minimum Gasteiger partial charge on any atom is -0.411 e. The number of nitrogens with zero attached hydrogens (tertiary/aromatic N) is 3. The average molecular weight is 392 g/mol. The van der Waals surface area contributed by atoms with Crippen LogP contribution in [0.2, 0.25) is 5.02 Å². The molecule has 26 heavy (non-hydrogen) atoms. The van der Waals surface area contributed by atoms with E-state index in [2.05, 4.69) is 10.2 Å². The summed E-state index contributed by atoms with van der Waals surface area (Å²) in [5, 5.41) is 8.74. The summed E-state index contributed by atoms with van der Waals surface area (Å²) in [7, 11) is 1.63. The zero-order valence-electron chi connectivity index (χ0n) is 13.9. The summed E-state index contributed by atoms with van der Waals surface area (Å²) in [5.41, 5.74) is 1.18. The van der Waals surface area contributed by atoms with Gasteiger partial charge in [-0.3, -0.25) is 4.79 Å². The van der Waals surface area contributed by atoms with Crippen molar-refractivity contribution in [2.24, 2.45) is 0 Å². The van der Waals surface area contributed by atoms with Crippen LogP contribution in [0.4, 0.5) is 4.39 Å². The molecule has 8 heteroatoms. The van der Waals surface area contributed by atoms with E-state index >= 15 is 0 Å². The SMILES string of the molecule is CN(Cc1ccccc1F)C(=O)CSc1nnc(-c2cccc(Cl)c2)o1. The molecule has 0 aliphatic carbocycles. The van der Waals surface area contributed by atoms with Crippen LogP contribution in [0.15, 0.2) is 58.2 Å². The second-order valence-corrected chi connectivity index (χ2v) is 6.88. The third kappa shape index (κ3) is 4.62. The smallest absolute Gasteiger partial charge is 0.277 e. The molecule has 0 bridgehead atoms. The van der Waals surface area contributed by atoms with E-state index in [0.717, 1.165) is 11.8 Å². The maximum Gasteiger partial charge on any atom is 0.277 e. The monoisotopic (exact) mass is 391 g/mol. The van der Waals surface area contributed by atoms with Crippen LogP contribution in [-0.4, -0.2) is 33.8 Å². The van der Waals surface area contributed by atoms with Crippen LogP contribution in [0.5, 0.6) is 0 Å². The Balaban J connectivity index is 1.57. The molecule has 0 saturated carbocycles. The number of hydrogen-bond donors (Lipinski definition) is 0. The first-order valence-corrected chi connectivity index (χ1v) is 9.09. The first-order chi connectivity index (χ1) is 12.5. The van der Waals surface area contributed by atoms with Gasteiger partial charge in [-0.1, -0.05) is 47.6 Å². The summed E-state index contributed by atoms with van der Waals surface area (Å²) in [4.78, 5) is 13.7. The summed E-state index contributed by atoms with van der Waals surface area (Å²) in [6.45, 7) is 0.198. The van der Waals surface area contributed by atoms with Crippen LogP contribution < -0.4 is 0 Å². The number of hydrogen-bond acceptors (Lipinski definition) is 5. The number of amides is 1. The van der Waals surface area contributed by atoms with Gasteiger partial charge in [0.15, 0.2) is 0 Å². The molecule has 0 radical (unpaired) electrons. The second kappa shape index (κ2) is 8.33. The Morgan fingerprint density at radius 2 is 2.04 bits per heavy atom. The van der Waals surface area contributed by atoms with E-state index in [9.17, 15) is 9.18 Å². The van der Waals surface area contributed by atoms with E-state index in [1.54, 1.807) is 49.5 Å². The molecule has 5 nitrogen and oxygen atoms in total. The zero-order valence-corrected chi connectivity index (χ0v) is 15.4. The van der Waals surface area contributed by atoms with Crippen LogP contribution in [0.3, 0.4) is 0 Å². The predicted octanol–water partition coefficient (Wildman–Crippen LogP) is 4.28. The molecule has 0 fully saturated rings. The van der Waals surface area contributed by atoms with E-state index in [1.807, 2.05) is 0 Å². The summed E-state index contributed by atoms with van der Waals surface area (Å²) in [5.74, 6) is -0.0481. The molecule has 1 aromatic heterocycles. The molecule has 2 aromatic carbocycles. The average Bonchev–Trinajstić information content (AvgIpc) is 3.10.